The summed E-state index contributed by atoms with van der Waals surface area (Å²) in [7, 11) is 1.95. The van der Waals surface area contributed by atoms with Gasteiger partial charge in [0.25, 0.3) is 0 Å². The van der Waals surface area contributed by atoms with Crippen LogP contribution in [0.5, 0.6) is 0 Å². The van der Waals surface area contributed by atoms with Crippen molar-refractivity contribution in [2.75, 3.05) is 10.6 Å². The Kier molecular flexibility index (Phi) is 7.65. The molecule has 2 amide bonds. The van der Waals surface area contributed by atoms with Crippen LogP contribution in [-0.2, 0) is 11.8 Å². The summed E-state index contributed by atoms with van der Waals surface area (Å²) in [5, 5.41) is 19.0. The normalized spacial score (nSPS) is 10.9. The molecule has 0 aliphatic rings. The Balaban J connectivity index is 0.000000429. The number of rotatable bonds is 3. The summed E-state index contributed by atoms with van der Waals surface area (Å²) >= 11 is 5.94. The molecule has 0 bridgehead atoms. The number of benzene rings is 3. The smallest absolute Gasteiger partial charge is 0.475 e. The Morgan fingerprint density at radius 2 is 1.57 bits per heavy atom. The van der Waals surface area contributed by atoms with Crippen LogP contribution in [0.1, 0.15) is 5.69 Å². The van der Waals surface area contributed by atoms with Crippen LogP contribution in [0.15, 0.2) is 66.7 Å². The Morgan fingerprint density at radius 1 is 0.971 bits per heavy atom. The van der Waals surface area contributed by atoms with Crippen LogP contribution in [0.3, 0.4) is 0 Å². The van der Waals surface area contributed by atoms with Gasteiger partial charge in [-0.05, 0) is 54.4 Å². The van der Waals surface area contributed by atoms with E-state index in [1.807, 2.05) is 49.0 Å². The number of aryl methyl sites for hydroxylation is 2. The number of carboxylic acids is 1. The number of urea groups is 1. The molecule has 0 fully saturated rings. The number of carboxylic acid groups (broad SMARTS) is 1. The minimum Gasteiger partial charge on any atom is -0.475 e. The van der Waals surface area contributed by atoms with Crippen LogP contribution in [0, 0.1) is 6.92 Å². The number of nitrogens with zero attached hydrogens (tertiary/aromatic N) is 2. The fourth-order valence-corrected chi connectivity index (χ4v) is 3.54. The summed E-state index contributed by atoms with van der Waals surface area (Å²) in [6, 6.07) is 20.7. The molecule has 0 saturated carbocycles. The van der Waals surface area contributed by atoms with E-state index in [9.17, 15) is 18.0 Å². The largest absolute Gasteiger partial charge is 0.490 e. The number of aliphatic carboxylic acids is 1. The van der Waals surface area contributed by atoms with E-state index in [2.05, 4.69) is 27.9 Å². The molecule has 4 aromatic rings. The second kappa shape index (κ2) is 10.5. The van der Waals surface area contributed by atoms with E-state index < -0.39 is 12.1 Å². The zero-order valence-corrected chi connectivity index (χ0v) is 19.3. The van der Waals surface area contributed by atoms with Crippen molar-refractivity contribution in [2.45, 2.75) is 13.1 Å². The SMILES string of the molecule is Cc1nn(C)c2cccc(-c3ccc(NC(=O)Nc4cccc(Cl)c4)cc3)c12.O=C(O)C(F)(F)F. The average Bonchev–Trinajstić information content (AvgIpc) is 3.08. The summed E-state index contributed by atoms with van der Waals surface area (Å²) in [5.74, 6) is -2.76. The number of hydrogen-bond donors (Lipinski definition) is 3. The van der Waals surface area contributed by atoms with Crippen LogP contribution in [-0.4, -0.2) is 33.1 Å². The fourth-order valence-electron chi connectivity index (χ4n) is 3.35. The van der Waals surface area contributed by atoms with Gasteiger partial charge in [0.1, 0.15) is 0 Å². The first kappa shape index (κ1) is 25.6. The molecular weight excluding hydrogens is 485 g/mol. The van der Waals surface area contributed by atoms with Crippen molar-refractivity contribution in [3.05, 3.63) is 77.4 Å². The number of carbonyl (C=O) groups is 2. The highest BCUT2D eigenvalue weighted by molar-refractivity contribution is 6.30. The van der Waals surface area contributed by atoms with Gasteiger partial charge in [-0.1, -0.05) is 41.9 Å². The molecule has 0 saturated heterocycles. The van der Waals surface area contributed by atoms with Gasteiger partial charge in [-0.3, -0.25) is 4.68 Å². The molecule has 0 unspecified atom stereocenters. The number of anilines is 2. The quantitative estimate of drug-likeness (QED) is 0.297. The van der Waals surface area contributed by atoms with Gasteiger partial charge in [-0.25, -0.2) is 9.59 Å². The van der Waals surface area contributed by atoms with Crippen molar-refractivity contribution in [3.8, 4) is 11.1 Å². The third-order valence-corrected chi connectivity index (χ3v) is 5.07. The van der Waals surface area contributed by atoms with Crippen LogP contribution in [0.25, 0.3) is 22.0 Å². The molecule has 4 rings (SSSR count). The minimum absolute atomic E-state index is 0.319. The molecule has 11 heteroatoms. The number of nitrogens with one attached hydrogen (secondary N) is 2. The van der Waals surface area contributed by atoms with Crippen LogP contribution < -0.4 is 10.6 Å². The highest BCUT2D eigenvalue weighted by Gasteiger charge is 2.38. The molecule has 1 aromatic heterocycles. The van der Waals surface area contributed by atoms with Crippen molar-refractivity contribution >= 4 is 45.9 Å². The summed E-state index contributed by atoms with van der Waals surface area (Å²) in [4.78, 5) is 21.1. The van der Waals surface area contributed by atoms with E-state index in [1.54, 1.807) is 24.3 Å². The maximum absolute atomic E-state index is 12.2. The highest BCUT2D eigenvalue weighted by Crippen LogP contribution is 2.31. The Labute approximate surface area is 203 Å². The fraction of sp³-hybridized carbons (Fsp3) is 0.125. The summed E-state index contributed by atoms with van der Waals surface area (Å²) < 4.78 is 33.6. The zero-order valence-electron chi connectivity index (χ0n) is 18.5. The lowest BCUT2D eigenvalue weighted by molar-refractivity contribution is -0.192. The van der Waals surface area contributed by atoms with Gasteiger partial charge >= 0.3 is 18.2 Å². The van der Waals surface area contributed by atoms with Gasteiger partial charge in [0.2, 0.25) is 0 Å². The minimum atomic E-state index is -5.08. The molecule has 7 nitrogen and oxygen atoms in total. The van der Waals surface area contributed by atoms with E-state index >= 15 is 0 Å². The number of halogens is 4. The molecule has 0 spiro atoms. The van der Waals surface area contributed by atoms with E-state index in [0.717, 1.165) is 27.7 Å². The highest BCUT2D eigenvalue weighted by atomic mass is 35.5. The van der Waals surface area contributed by atoms with Crippen molar-refractivity contribution in [1.29, 1.82) is 0 Å². The van der Waals surface area contributed by atoms with Gasteiger partial charge in [0, 0.05) is 28.8 Å². The molecular formula is C24H20ClF3N4O3. The first-order valence-corrected chi connectivity index (χ1v) is 10.5. The number of fused-ring (bicyclic) bond motifs is 1. The molecule has 3 N–H and O–H groups in total. The molecule has 1 heterocycles. The number of alkyl halides is 3. The van der Waals surface area contributed by atoms with Crippen LogP contribution >= 0.6 is 11.6 Å². The zero-order chi connectivity index (χ0) is 25.8. The lowest BCUT2D eigenvalue weighted by Crippen LogP contribution is -2.21. The third-order valence-electron chi connectivity index (χ3n) is 4.83. The number of hydrogen-bond acceptors (Lipinski definition) is 3. The van der Waals surface area contributed by atoms with Crippen molar-refractivity contribution in [3.63, 3.8) is 0 Å². The average molecular weight is 505 g/mol. The maximum atomic E-state index is 12.2. The molecule has 0 aliphatic heterocycles. The molecule has 0 atom stereocenters. The van der Waals surface area contributed by atoms with Gasteiger partial charge in [0.15, 0.2) is 0 Å². The second-order valence-corrected chi connectivity index (χ2v) is 7.81. The topological polar surface area (TPSA) is 96.3 Å². The molecule has 3 aromatic carbocycles. The van der Waals surface area contributed by atoms with Crippen molar-refractivity contribution in [1.82, 2.24) is 9.78 Å². The van der Waals surface area contributed by atoms with Gasteiger partial charge in [-0.15, -0.1) is 0 Å². The van der Waals surface area contributed by atoms with E-state index in [-0.39, 0.29) is 6.03 Å². The maximum Gasteiger partial charge on any atom is 0.490 e. The number of amides is 2. The Bertz CT molecular complexity index is 1370. The van der Waals surface area contributed by atoms with E-state index in [0.29, 0.717) is 16.4 Å². The summed E-state index contributed by atoms with van der Waals surface area (Å²) in [6.07, 6.45) is -5.08. The third kappa shape index (κ3) is 6.51. The lowest BCUT2D eigenvalue weighted by Gasteiger charge is -2.09. The first-order chi connectivity index (χ1) is 16.5. The van der Waals surface area contributed by atoms with Crippen molar-refractivity contribution in [2.24, 2.45) is 7.05 Å². The molecule has 182 valence electrons. The van der Waals surface area contributed by atoms with Gasteiger partial charge in [0.05, 0.1) is 11.2 Å². The predicted octanol–water partition coefficient (Wildman–Crippen LogP) is 6.48. The van der Waals surface area contributed by atoms with Crippen molar-refractivity contribution < 1.29 is 27.9 Å². The lowest BCUT2D eigenvalue weighted by atomic mass is 10.00. The summed E-state index contributed by atoms with van der Waals surface area (Å²) in [6.45, 7) is 2.02. The monoisotopic (exact) mass is 504 g/mol. The first-order valence-electron chi connectivity index (χ1n) is 10.1. The molecule has 0 aliphatic carbocycles. The van der Waals surface area contributed by atoms with Gasteiger partial charge in [-0.2, -0.15) is 18.3 Å². The Morgan fingerprint density at radius 3 is 2.17 bits per heavy atom. The van der Waals surface area contributed by atoms with Crippen LogP contribution in [0.2, 0.25) is 5.02 Å². The Hall–Kier alpha value is -4.05. The predicted molar refractivity (Wildman–Crippen MR) is 129 cm³/mol. The molecule has 0 radical (unpaired) electrons. The van der Waals surface area contributed by atoms with E-state index in [1.165, 1.54) is 0 Å². The van der Waals surface area contributed by atoms with E-state index in [4.69, 9.17) is 21.5 Å². The van der Waals surface area contributed by atoms with Gasteiger partial charge < -0.3 is 15.7 Å². The number of carbonyl (C=O) groups excluding carboxylic acids is 1. The number of aromatic nitrogens is 2. The molecule has 35 heavy (non-hydrogen) atoms. The van der Waals surface area contributed by atoms with Crippen LogP contribution in [0.4, 0.5) is 29.3 Å². The summed E-state index contributed by atoms with van der Waals surface area (Å²) in [5.41, 5.74) is 5.63. The standard InChI is InChI=1S/C22H19ClN4O.C2HF3O2/c1-14-21-19(7-4-8-20(21)27(2)26-14)15-9-11-17(12-10-15)24-22(28)25-18-6-3-5-16(23)13-18;3-2(4,5)1(6)7/h3-13H,1-2H3,(H2,24,25,28);(H,6,7). The second-order valence-electron chi connectivity index (χ2n) is 7.38.